The lowest BCUT2D eigenvalue weighted by Crippen LogP contribution is -2.21. The van der Waals surface area contributed by atoms with Gasteiger partial charge in [0.1, 0.15) is 12.4 Å². The number of methoxy groups -OCH3 is 1. The summed E-state index contributed by atoms with van der Waals surface area (Å²) in [6, 6.07) is 19.7. The average Bonchev–Trinajstić information content (AvgIpc) is 3.07. The lowest BCUT2D eigenvalue weighted by molar-refractivity contribution is -0.386. The number of aryl methyl sites for hydroxylation is 1. The maximum absolute atomic E-state index is 13.9. The van der Waals surface area contributed by atoms with Gasteiger partial charge in [-0.2, -0.15) is 9.78 Å². The lowest BCUT2D eigenvalue weighted by Gasteiger charge is -2.18. The third kappa shape index (κ3) is 6.87. The van der Waals surface area contributed by atoms with Crippen LogP contribution in [0.2, 0.25) is 0 Å². The molecule has 0 fully saturated rings. The molecule has 0 aliphatic rings. The first kappa shape index (κ1) is 33.3. The largest absolute Gasteiger partial charge is 0.494 e. The quantitative estimate of drug-likeness (QED) is 0.0856. The molecular formula is C36H34N4O8. The van der Waals surface area contributed by atoms with Gasteiger partial charge in [0.15, 0.2) is 11.6 Å². The summed E-state index contributed by atoms with van der Waals surface area (Å²) >= 11 is 0. The fraction of sp³-hybridized carbons (Fsp3) is 0.222. The molecule has 48 heavy (non-hydrogen) atoms. The van der Waals surface area contributed by atoms with Crippen LogP contribution in [0.15, 0.2) is 82.7 Å². The molecule has 5 aromatic rings. The van der Waals surface area contributed by atoms with Crippen LogP contribution in [-0.4, -0.2) is 45.6 Å². The molecule has 0 atom stereocenters. The molecule has 0 aliphatic carbocycles. The summed E-state index contributed by atoms with van der Waals surface area (Å²) in [6.07, 6.45) is 1.32. The number of rotatable bonds is 12. The van der Waals surface area contributed by atoms with E-state index in [9.17, 15) is 24.8 Å². The van der Waals surface area contributed by atoms with Crippen molar-refractivity contribution >= 4 is 28.8 Å². The molecule has 1 N–H and O–H groups in total. The number of nitro groups is 1. The maximum Gasteiger partial charge on any atom is 0.335 e. The molecule has 0 saturated heterocycles. The molecule has 246 valence electrons. The first-order valence-electron chi connectivity index (χ1n) is 15.2. The SMILES string of the molecule is CCOc1cc(C)c(-c2nc3ccccc3c(=O)n2N=Cc2cc(OC)c(OCc3cccc(C(=O)O)c3)c([N+](=O)[O-])c2)cc1C(C)C. The van der Waals surface area contributed by atoms with Gasteiger partial charge in [-0.3, -0.25) is 14.9 Å². The van der Waals surface area contributed by atoms with Crippen LogP contribution in [0.1, 0.15) is 59.3 Å². The molecule has 0 amide bonds. The molecule has 12 heteroatoms. The van der Waals surface area contributed by atoms with E-state index in [1.807, 2.05) is 26.0 Å². The number of hydrogen-bond donors (Lipinski definition) is 1. The number of ether oxygens (including phenoxy) is 3. The van der Waals surface area contributed by atoms with Crippen LogP contribution in [-0.2, 0) is 6.61 Å². The Morgan fingerprint density at radius 3 is 2.52 bits per heavy atom. The Kier molecular flexibility index (Phi) is 9.83. The number of fused-ring (bicyclic) bond motifs is 1. The minimum atomic E-state index is -1.11. The van der Waals surface area contributed by atoms with Crippen molar-refractivity contribution in [2.24, 2.45) is 5.10 Å². The van der Waals surface area contributed by atoms with Crippen molar-refractivity contribution in [3.63, 3.8) is 0 Å². The predicted molar refractivity (Wildman–Crippen MR) is 182 cm³/mol. The summed E-state index contributed by atoms with van der Waals surface area (Å²) in [5.41, 5.74) is 2.94. The minimum Gasteiger partial charge on any atom is -0.494 e. The highest BCUT2D eigenvalue weighted by Gasteiger charge is 2.23. The summed E-state index contributed by atoms with van der Waals surface area (Å²) in [4.78, 5) is 41.6. The van der Waals surface area contributed by atoms with E-state index in [-0.39, 0.29) is 35.2 Å². The van der Waals surface area contributed by atoms with E-state index in [0.717, 1.165) is 16.9 Å². The molecule has 4 aromatic carbocycles. The van der Waals surface area contributed by atoms with Crippen molar-refractivity contribution in [1.29, 1.82) is 0 Å². The zero-order chi connectivity index (χ0) is 34.5. The number of aromatic nitrogens is 2. The van der Waals surface area contributed by atoms with Gasteiger partial charge >= 0.3 is 11.7 Å². The Labute approximate surface area is 276 Å². The third-order valence-electron chi connectivity index (χ3n) is 7.63. The summed E-state index contributed by atoms with van der Waals surface area (Å²) < 4.78 is 18.3. The number of carbonyl (C=O) groups is 1. The summed E-state index contributed by atoms with van der Waals surface area (Å²) in [5, 5.41) is 26.3. The maximum atomic E-state index is 13.9. The minimum absolute atomic E-state index is 0.0492. The van der Waals surface area contributed by atoms with Gasteiger partial charge in [-0.25, -0.2) is 9.78 Å². The number of nitro benzene ring substituents is 1. The molecular weight excluding hydrogens is 616 g/mol. The van der Waals surface area contributed by atoms with Crippen LogP contribution >= 0.6 is 0 Å². The van der Waals surface area contributed by atoms with E-state index in [2.05, 4.69) is 18.9 Å². The van der Waals surface area contributed by atoms with Crippen LogP contribution in [0.3, 0.4) is 0 Å². The smallest absolute Gasteiger partial charge is 0.335 e. The lowest BCUT2D eigenvalue weighted by atomic mass is 9.96. The first-order valence-corrected chi connectivity index (χ1v) is 15.2. The molecule has 1 aromatic heterocycles. The molecule has 0 spiro atoms. The van der Waals surface area contributed by atoms with Crippen LogP contribution in [0.4, 0.5) is 5.69 Å². The molecule has 0 aliphatic heterocycles. The van der Waals surface area contributed by atoms with Crippen LogP contribution in [0.5, 0.6) is 17.2 Å². The van der Waals surface area contributed by atoms with Gasteiger partial charge in [0.05, 0.1) is 41.3 Å². The van der Waals surface area contributed by atoms with Crippen molar-refractivity contribution in [3.8, 4) is 28.6 Å². The van der Waals surface area contributed by atoms with Gasteiger partial charge in [-0.05, 0) is 78.9 Å². The number of nitrogens with zero attached hydrogens (tertiary/aromatic N) is 4. The van der Waals surface area contributed by atoms with Gasteiger partial charge in [0, 0.05) is 17.2 Å². The van der Waals surface area contributed by atoms with Gasteiger partial charge in [0.25, 0.3) is 5.56 Å². The Morgan fingerprint density at radius 2 is 1.83 bits per heavy atom. The second-order valence-electron chi connectivity index (χ2n) is 11.2. The molecule has 0 saturated carbocycles. The van der Waals surface area contributed by atoms with Crippen molar-refractivity contribution in [1.82, 2.24) is 9.66 Å². The highest BCUT2D eigenvalue weighted by molar-refractivity contribution is 5.88. The predicted octanol–water partition coefficient (Wildman–Crippen LogP) is 6.97. The van der Waals surface area contributed by atoms with Gasteiger partial charge < -0.3 is 19.3 Å². The van der Waals surface area contributed by atoms with Crippen LogP contribution in [0, 0.1) is 17.0 Å². The molecule has 0 bridgehead atoms. The summed E-state index contributed by atoms with van der Waals surface area (Å²) in [7, 11) is 1.34. The van der Waals surface area contributed by atoms with Gasteiger partial charge in [-0.1, -0.05) is 38.1 Å². The Bertz CT molecular complexity index is 2120. The van der Waals surface area contributed by atoms with E-state index < -0.39 is 22.1 Å². The van der Waals surface area contributed by atoms with Gasteiger partial charge in [-0.15, -0.1) is 0 Å². The number of hydrogen-bond acceptors (Lipinski definition) is 9. The Hall–Kier alpha value is -6.04. The highest BCUT2D eigenvalue weighted by atomic mass is 16.6. The van der Waals surface area contributed by atoms with Crippen molar-refractivity contribution in [3.05, 3.63) is 121 Å². The fourth-order valence-corrected chi connectivity index (χ4v) is 5.27. The van der Waals surface area contributed by atoms with Crippen molar-refractivity contribution < 1.29 is 29.0 Å². The highest BCUT2D eigenvalue weighted by Crippen LogP contribution is 2.39. The monoisotopic (exact) mass is 650 g/mol. The second kappa shape index (κ2) is 14.2. The molecule has 1 heterocycles. The van der Waals surface area contributed by atoms with E-state index in [1.54, 1.807) is 36.4 Å². The third-order valence-corrected chi connectivity index (χ3v) is 7.63. The molecule has 12 nitrogen and oxygen atoms in total. The Balaban J connectivity index is 1.61. The van der Waals surface area contributed by atoms with E-state index in [4.69, 9.17) is 19.2 Å². The number of carboxylic acid groups (broad SMARTS) is 1. The van der Waals surface area contributed by atoms with Gasteiger partial charge in [0.2, 0.25) is 5.75 Å². The zero-order valence-electron chi connectivity index (χ0n) is 27.1. The van der Waals surface area contributed by atoms with E-state index in [0.29, 0.717) is 34.5 Å². The van der Waals surface area contributed by atoms with Crippen molar-refractivity contribution in [2.45, 2.75) is 40.2 Å². The van der Waals surface area contributed by atoms with E-state index >= 15 is 0 Å². The van der Waals surface area contributed by atoms with Crippen LogP contribution < -0.4 is 19.8 Å². The first-order chi connectivity index (χ1) is 23.0. The number of aromatic carboxylic acids is 1. The average molecular weight is 651 g/mol. The Morgan fingerprint density at radius 1 is 1.06 bits per heavy atom. The summed E-state index contributed by atoms with van der Waals surface area (Å²) in [6.45, 7) is 8.28. The summed E-state index contributed by atoms with van der Waals surface area (Å²) in [5.74, 6) is -0.0356. The number of benzene rings is 4. The normalized spacial score (nSPS) is 11.3. The number of carboxylic acids is 1. The fourth-order valence-electron chi connectivity index (χ4n) is 5.27. The molecule has 0 unspecified atom stereocenters. The molecule has 0 radical (unpaired) electrons. The number of para-hydroxylation sites is 1. The second-order valence-corrected chi connectivity index (χ2v) is 11.2. The zero-order valence-corrected chi connectivity index (χ0v) is 27.1. The van der Waals surface area contributed by atoms with Crippen LogP contribution in [0.25, 0.3) is 22.3 Å². The topological polar surface area (TPSA) is 155 Å². The standard InChI is InChI=1S/C36H34N4O8/c1-6-47-31-14-22(4)28(18-27(31)21(2)3)34-38-29-13-8-7-12-26(29)35(41)39(34)37-19-24-16-30(40(44)45)33(32(17-24)46-5)48-20-23-10-9-11-25(15-23)36(42)43/h7-19,21H,6,20H2,1-5H3,(H,42,43). The molecule has 5 rings (SSSR count). The van der Waals surface area contributed by atoms with Crippen molar-refractivity contribution in [2.75, 3.05) is 13.7 Å². The van der Waals surface area contributed by atoms with E-state index in [1.165, 1.54) is 42.3 Å².